The summed E-state index contributed by atoms with van der Waals surface area (Å²) in [4.78, 5) is 0. The number of phenolic OH excluding ortho intramolecular Hbond substituents is 2. The molecule has 0 unspecified atom stereocenters. The minimum Gasteiger partial charge on any atom is -0.507 e. The lowest BCUT2D eigenvalue weighted by Crippen LogP contribution is -2.11. The Kier molecular flexibility index (Phi) is 2.30. The molecule has 0 radical (unpaired) electrons. The Morgan fingerprint density at radius 1 is 0.875 bits per heavy atom. The number of phenols is 2. The molecule has 0 spiro atoms. The van der Waals surface area contributed by atoms with Crippen molar-refractivity contribution in [3.8, 4) is 11.5 Å². The number of aromatic hydroxyl groups is 2. The van der Waals surface area contributed by atoms with Gasteiger partial charge in [-0.05, 0) is 17.0 Å². The van der Waals surface area contributed by atoms with Crippen LogP contribution < -0.4 is 0 Å². The summed E-state index contributed by atoms with van der Waals surface area (Å²) in [5, 5.41) is 21.3. The van der Waals surface area contributed by atoms with Gasteiger partial charge in [0.25, 0.3) is 0 Å². The van der Waals surface area contributed by atoms with Gasteiger partial charge in [0.05, 0.1) is 0 Å². The molecule has 2 nitrogen and oxygen atoms in total. The van der Waals surface area contributed by atoms with Crippen molar-refractivity contribution >= 4 is 10.8 Å². The summed E-state index contributed by atoms with van der Waals surface area (Å²) in [6.07, 6.45) is 0. The highest BCUT2D eigenvalue weighted by Crippen LogP contribution is 2.38. The Hall–Kier alpha value is -1.70. The smallest absolute Gasteiger partial charge is 0.127 e. The fraction of sp³-hybridized carbons (Fsp3) is 0.286. The molecule has 0 heterocycles. The SMILES string of the molecule is CC(C)(C)c1ccc2c(O)cccc2c1O. The molecule has 2 N–H and O–H groups in total. The molecule has 0 aromatic heterocycles. The monoisotopic (exact) mass is 216 g/mol. The first kappa shape index (κ1) is 10.8. The van der Waals surface area contributed by atoms with Crippen LogP contribution >= 0.6 is 0 Å². The maximum atomic E-state index is 10.2. The lowest BCUT2D eigenvalue weighted by molar-refractivity contribution is 0.451. The van der Waals surface area contributed by atoms with Crippen molar-refractivity contribution in [1.29, 1.82) is 0 Å². The fourth-order valence-corrected chi connectivity index (χ4v) is 1.93. The minimum atomic E-state index is -0.107. The summed E-state index contributed by atoms with van der Waals surface area (Å²) < 4.78 is 0. The van der Waals surface area contributed by atoms with Crippen LogP contribution in [0.2, 0.25) is 0 Å². The highest BCUT2D eigenvalue weighted by molar-refractivity contribution is 5.93. The molecule has 2 rings (SSSR count). The first-order chi connectivity index (χ1) is 7.41. The van der Waals surface area contributed by atoms with Crippen LogP contribution in [0.4, 0.5) is 0 Å². The van der Waals surface area contributed by atoms with E-state index in [0.29, 0.717) is 10.8 Å². The normalized spacial score (nSPS) is 11.9. The van der Waals surface area contributed by atoms with Crippen LogP contribution in [0.25, 0.3) is 10.8 Å². The van der Waals surface area contributed by atoms with Crippen molar-refractivity contribution in [2.24, 2.45) is 0 Å². The predicted molar refractivity (Wildman–Crippen MR) is 66.0 cm³/mol. The van der Waals surface area contributed by atoms with Gasteiger partial charge >= 0.3 is 0 Å². The largest absolute Gasteiger partial charge is 0.507 e. The van der Waals surface area contributed by atoms with Crippen LogP contribution in [0.3, 0.4) is 0 Å². The number of hydrogen-bond acceptors (Lipinski definition) is 2. The van der Waals surface area contributed by atoms with Gasteiger partial charge in [0.1, 0.15) is 11.5 Å². The van der Waals surface area contributed by atoms with Crippen molar-refractivity contribution in [2.45, 2.75) is 26.2 Å². The Morgan fingerprint density at radius 3 is 2.19 bits per heavy atom. The third-order valence-electron chi connectivity index (χ3n) is 2.82. The standard InChI is InChI=1S/C14H16O2/c1-14(2,3)11-8-7-9-10(13(11)16)5-4-6-12(9)15/h4-8,15-16H,1-3H3. The van der Waals surface area contributed by atoms with Gasteiger partial charge in [0.2, 0.25) is 0 Å². The molecule has 0 amide bonds. The van der Waals surface area contributed by atoms with Crippen molar-refractivity contribution < 1.29 is 10.2 Å². The van der Waals surface area contributed by atoms with Crippen LogP contribution in [-0.2, 0) is 5.41 Å². The summed E-state index contributed by atoms with van der Waals surface area (Å²) in [5.74, 6) is 0.467. The second-order valence-electron chi connectivity index (χ2n) is 5.08. The highest BCUT2D eigenvalue weighted by Gasteiger charge is 2.19. The zero-order chi connectivity index (χ0) is 11.9. The van der Waals surface area contributed by atoms with E-state index in [-0.39, 0.29) is 16.9 Å². The van der Waals surface area contributed by atoms with Gasteiger partial charge in [-0.2, -0.15) is 0 Å². The van der Waals surface area contributed by atoms with Crippen molar-refractivity contribution in [3.05, 3.63) is 35.9 Å². The lowest BCUT2D eigenvalue weighted by Gasteiger charge is -2.21. The second-order valence-corrected chi connectivity index (χ2v) is 5.08. The Morgan fingerprint density at radius 2 is 1.56 bits per heavy atom. The summed E-state index contributed by atoms with van der Waals surface area (Å²) >= 11 is 0. The van der Waals surface area contributed by atoms with Gasteiger partial charge < -0.3 is 10.2 Å². The molecular formula is C14H16O2. The molecule has 16 heavy (non-hydrogen) atoms. The molecule has 84 valence electrons. The van der Waals surface area contributed by atoms with Crippen molar-refractivity contribution in [3.63, 3.8) is 0 Å². The summed E-state index contributed by atoms with van der Waals surface area (Å²) in [5.41, 5.74) is 0.787. The van der Waals surface area contributed by atoms with Crippen molar-refractivity contribution in [1.82, 2.24) is 0 Å². The molecule has 0 fully saturated rings. The Labute approximate surface area is 95.2 Å². The maximum Gasteiger partial charge on any atom is 0.127 e. The van der Waals surface area contributed by atoms with E-state index >= 15 is 0 Å². The average molecular weight is 216 g/mol. The molecule has 2 heteroatoms. The van der Waals surface area contributed by atoms with Gasteiger partial charge in [0, 0.05) is 10.8 Å². The molecule has 0 bridgehead atoms. The van der Waals surface area contributed by atoms with Gasteiger partial charge in [-0.3, -0.25) is 0 Å². The first-order valence-electron chi connectivity index (χ1n) is 5.35. The Balaban J connectivity index is 2.81. The molecule has 2 aromatic carbocycles. The molecule has 0 aliphatic carbocycles. The van der Waals surface area contributed by atoms with Crippen LogP contribution in [0, 0.1) is 0 Å². The molecule has 0 atom stereocenters. The van der Waals surface area contributed by atoms with Crippen LogP contribution in [0.1, 0.15) is 26.3 Å². The van der Waals surface area contributed by atoms with Crippen LogP contribution in [0.15, 0.2) is 30.3 Å². The first-order valence-corrected chi connectivity index (χ1v) is 5.35. The van der Waals surface area contributed by atoms with Gasteiger partial charge in [0.15, 0.2) is 0 Å². The molecule has 0 saturated carbocycles. The van der Waals surface area contributed by atoms with Crippen LogP contribution in [0.5, 0.6) is 11.5 Å². The number of hydrogen-bond donors (Lipinski definition) is 2. The number of fused-ring (bicyclic) bond motifs is 1. The molecule has 0 aliphatic heterocycles. The van der Waals surface area contributed by atoms with E-state index < -0.39 is 0 Å². The van der Waals surface area contributed by atoms with E-state index in [0.717, 1.165) is 5.56 Å². The zero-order valence-corrected chi connectivity index (χ0v) is 9.78. The summed E-state index contributed by atoms with van der Waals surface area (Å²) in [6.45, 7) is 6.16. The second kappa shape index (κ2) is 3.41. The van der Waals surface area contributed by atoms with Gasteiger partial charge in [-0.15, -0.1) is 0 Å². The third-order valence-corrected chi connectivity index (χ3v) is 2.82. The van der Waals surface area contributed by atoms with E-state index in [4.69, 9.17) is 0 Å². The Bertz CT molecular complexity index is 536. The van der Waals surface area contributed by atoms with Gasteiger partial charge in [-0.1, -0.05) is 45.0 Å². The minimum absolute atomic E-state index is 0.107. The third kappa shape index (κ3) is 1.60. The van der Waals surface area contributed by atoms with Gasteiger partial charge in [-0.25, -0.2) is 0 Å². The zero-order valence-electron chi connectivity index (χ0n) is 9.78. The number of rotatable bonds is 0. The summed E-state index contributed by atoms with van der Waals surface area (Å²) in [6, 6.07) is 8.91. The topological polar surface area (TPSA) is 40.5 Å². The maximum absolute atomic E-state index is 10.2. The van der Waals surface area contributed by atoms with E-state index in [9.17, 15) is 10.2 Å². The van der Waals surface area contributed by atoms with E-state index in [1.54, 1.807) is 12.1 Å². The number of benzene rings is 2. The molecule has 0 saturated heterocycles. The fourth-order valence-electron chi connectivity index (χ4n) is 1.93. The van der Waals surface area contributed by atoms with E-state index in [2.05, 4.69) is 20.8 Å². The quantitative estimate of drug-likeness (QED) is 0.707. The van der Waals surface area contributed by atoms with E-state index in [1.807, 2.05) is 18.2 Å². The predicted octanol–water partition coefficient (Wildman–Crippen LogP) is 3.55. The van der Waals surface area contributed by atoms with E-state index in [1.165, 1.54) is 0 Å². The lowest BCUT2D eigenvalue weighted by atomic mass is 9.85. The van der Waals surface area contributed by atoms with Crippen LogP contribution in [-0.4, -0.2) is 10.2 Å². The molecule has 0 aliphatic rings. The molecular weight excluding hydrogens is 200 g/mol. The highest BCUT2D eigenvalue weighted by atomic mass is 16.3. The van der Waals surface area contributed by atoms with Crippen molar-refractivity contribution in [2.75, 3.05) is 0 Å². The summed E-state index contributed by atoms with van der Waals surface area (Å²) in [7, 11) is 0. The molecule has 2 aromatic rings. The average Bonchev–Trinajstić information content (AvgIpc) is 2.18.